The van der Waals surface area contributed by atoms with Gasteiger partial charge in [0.1, 0.15) is 0 Å². The number of rotatable bonds is 9. The minimum atomic E-state index is -1.38. The van der Waals surface area contributed by atoms with Gasteiger partial charge in [-0.05, 0) is 89.7 Å². The van der Waals surface area contributed by atoms with Crippen molar-refractivity contribution in [1.82, 2.24) is 15.0 Å². The van der Waals surface area contributed by atoms with Crippen LogP contribution in [0.1, 0.15) is 102 Å². The van der Waals surface area contributed by atoms with Crippen molar-refractivity contribution in [3.63, 3.8) is 0 Å². The van der Waals surface area contributed by atoms with Gasteiger partial charge in [-0.3, -0.25) is 0 Å². The third kappa shape index (κ3) is 8.84. The van der Waals surface area contributed by atoms with Gasteiger partial charge in [0.05, 0.1) is 13.7 Å². The van der Waals surface area contributed by atoms with E-state index in [9.17, 15) is 0 Å². The Balaban J connectivity index is 0.000000197. The van der Waals surface area contributed by atoms with Crippen LogP contribution in [0.25, 0.3) is 44.6 Å². The molecule has 4 nitrogen and oxygen atoms in total. The molecular weight excluding hydrogens is 831 g/mol. The fourth-order valence-corrected chi connectivity index (χ4v) is 9.21. The zero-order valence-electron chi connectivity index (χ0n) is 32.4. The summed E-state index contributed by atoms with van der Waals surface area (Å²) in [6, 6.07) is 28.1. The van der Waals surface area contributed by atoms with Gasteiger partial charge in [-0.15, -0.1) is 53.6 Å². The third-order valence-electron chi connectivity index (χ3n) is 11.1. The predicted molar refractivity (Wildman–Crippen MR) is 217 cm³/mol. The van der Waals surface area contributed by atoms with E-state index in [1.54, 1.807) is 6.20 Å². The topological polar surface area (TPSA) is 51.8 Å². The van der Waals surface area contributed by atoms with Crippen molar-refractivity contribution in [2.24, 2.45) is 5.92 Å². The van der Waals surface area contributed by atoms with Crippen LogP contribution in [0.5, 0.6) is 0 Å². The average Bonchev–Trinajstić information content (AvgIpc) is 3.53. The summed E-state index contributed by atoms with van der Waals surface area (Å²) < 4.78 is 6.03. The second-order valence-corrected chi connectivity index (χ2v) is 21.2. The zero-order valence-corrected chi connectivity index (χ0v) is 35.8. The molecule has 4 aromatic heterocycles. The molecule has 0 unspecified atom stereocenters. The summed E-state index contributed by atoms with van der Waals surface area (Å²) in [7, 11) is -1.38. The molecule has 0 atom stereocenters. The normalized spacial score (nSPS) is 13.9. The number of benzene rings is 2. The number of fused-ring (bicyclic) bond motifs is 3. The average molecular weight is 886 g/mol. The summed E-state index contributed by atoms with van der Waals surface area (Å²) in [6.45, 7) is 18.7. The molecule has 0 amide bonds. The van der Waals surface area contributed by atoms with E-state index in [0.29, 0.717) is 11.6 Å². The Morgan fingerprint density at radius 1 is 0.846 bits per heavy atom. The fourth-order valence-electron chi connectivity index (χ4n) is 7.62. The van der Waals surface area contributed by atoms with Crippen LogP contribution in [-0.4, -0.2) is 23.0 Å². The van der Waals surface area contributed by atoms with E-state index < -0.39 is 8.07 Å². The van der Waals surface area contributed by atoms with Gasteiger partial charge >= 0.3 is 0 Å². The summed E-state index contributed by atoms with van der Waals surface area (Å²) >= 11 is 0. The number of hydrogen-bond donors (Lipinski definition) is 0. The van der Waals surface area contributed by atoms with Crippen LogP contribution in [0.4, 0.5) is 0 Å². The number of aromatic nitrogens is 3. The van der Waals surface area contributed by atoms with Crippen molar-refractivity contribution >= 4 is 35.3 Å². The largest absolute Gasteiger partial charge is 0.486 e. The fraction of sp³-hybridized carbons (Fsp3) is 0.413. The monoisotopic (exact) mass is 886 g/mol. The van der Waals surface area contributed by atoms with Crippen molar-refractivity contribution in [2.45, 2.75) is 117 Å². The van der Waals surface area contributed by atoms with Crippen LogP contribution in [0, 0.1) is 18.1 Å². The molecule has 1 aliphatic rings. The molecule has 52 heavy (non-hydrogen) atoms. The van der Waals surface area contributed by atoms with Crippen LogP contribution in [0.3, 0.4) is 0 Å². The molecule has 0 spiro atoms. The first kappa shape index (κ1) is 39.8. The molecule has 1 fully saturated rings. The van der Waals surface area contributed by atoms with E-state index in [1.165, 1.54) is 59.5 Å². The Labute approximate surface area is 326 Å². The van der Waals surface area contributed by atoms with Gasteiger partial charge in [0, 0.05) is 44.1 Å². The van der Waals surface area contributed by atoms with Crippen LogP contribution in [0.15, 0.2) is 83.7 Å². The Kier molecular flexibility index (Phi) is 13.1. The van der Waals surface area contributed by atoms with Crippen molar-refractivity contribution in [2.75, 3.05) is 0 Å². The van der Waals surface area contributed by atoms with Gasteiger partial charge in [-0.25, -0.2) is 4.98 Å². The summed E-state index contributed by atoms with van der Waals surface area (Å²) in [5, 5.41) is 3.59. The van der Waals surface area contributed by atoms with Crippen molar-refractivity contribution < 1.29 is 24.5 Å². The first-order chi connectivity index (χ1) is 24.5. The molecule has 275 valence electrons. The number of hydrogen-bond acceptors (Lipinski definition) is 4. The number of nitrogens with zero attached hydrogens (tertiary/aromatic N) is 3. The van der Waals surface area contributed by atoms with E-state index >= 15 is 0 Å². The Bertz CT molecular complexity index is 2090. The van der Waals surface area contributed by atoms with Gasteiger partial charge in [0.15, 0.2) is 0 Å². The summed E-state index contributed by atoms with van der Waals surface area (Å²) in [5.74, 6) is 1.39. The quantitative estimate of drug-likeness (QED) is 0.107. The zero-order chi connectivity index (χ0) is 36.2. The Morgan fingerprint density at radius 3 is 2.31 bits per heavy atom. The maximum Gasteiger partial charge on any atom is 0.216 e. The molecule has 0 saturated heterocycles. The number of pyridine rings is 3. The van der Waals surface area contributed by atoms with Crippen LogP contribution in [0.2, 0.25) is 19.6 Å². The molecule has 6 aromatic rings. The van der Waals surface area contributed by atoms with Crippen LogP contribution >= 0.6 is 0 Å². The minimum absolute atomic E-state index is 0. The predicted octanol–water partition coefficient (Wildman–Crippen LogP) is 12.3. The maximum absolute atomic E-state index is 6.03. The van der Waals surface area contributed by atoms with Gasteiger partial charge in [0.25, 0.3) is 0 Å². The molecule has 0 N–H and O–H groups in total. The van der Waals surface area contributed by atoms with Crippen LogP contribution < -0.4 is 5.19 Å². The minimum Gasteiger partial charge on any atom is -0.486 e. The van der Waals surface area contributed by atoms with Crippen LogP contribution in [-0.2, 0) is 31.9 Å². The van der Waals surface area contributed by atoms with Crippen molar-refractivity contribution in [3.8, 4) is 22.5 Å². The third-order valence-corrected chi connectivity index (χ3v) is 13.2. The molecule has 1 aliphatic carbocycles. The van der Waals surface area contributed by atoms with E-state index in [-0.39, 0.29) is 25.5 Å². The molecule has 0 bridgehead atoms. The first-order valence-corrected chi connectivity index (χ1v) is 22.7. The van der Waals surface area contributed by atoms with E-state index in [1.807, 2.05) is 30.5 Å². The summed E-state index contributed by atoms with van der Waals surface area (Å²) in [6.07, 6.45) is 16.0. The van der Waals surface area contributed by atoms with Gasteiger partial charge in [0.2, 0.25) is 5.71 Å². The SMILES string of the molecule is CC(C)Cc1cc(-c2[c-]ccc(C3CCCCC3)c2)ncc1[Si](C)(C)C.CCC(C)(CC)c1ccnc(-c2[c-]ccc3c2oc2ncccc23)c1.[Ir]. The van der Waals surface area contributed by atoms with E-state index in [0.717, 1.165) is 58.5 Å². The summed E-state index contributed by atoms with van der Waals surface area (Å²) in [5.41, 5.74) is 9.96. The molecule has 1 saturated carbocycles. The van der Waals surface area contributed by atoms with E-state index in [4.69, 9.17) is 9.40 Å². The first-order valence-electron chi connectivity index (χ1n) is 19.2. The Hall–Kier alpha value is -3.44. The molecule has 0 aliphatic heterocycles. The second kappa shape index (κ2) is 17.1. The van der Waals surface area contributed by atoms with E-state index in [2.05, 4.69) is 119 Å². The standard InChI is InChI=1S/C24H34NSi.C22H21N2O.Ir/c1-18(2)14-22-16-23(25-17-24(22)26(3,4)5)21-13-9-12-20(15-21)19-10-7-6-8-11-19;1-4-22(3,5-2)15-11-13-23-19(14-15)18-9-6-8-16-17-10-7-12-24-21(17)25-20(16)18;/h9,12,15-19H,6-8,10-11,14H2,1-5H3;6-8,10-14H,4-5H2,1-3H3;/q2*-1;. The van der Waals surface area contributed by atoms with Gasteiger partial charge in [-0.1, -0.05) is 102 Å². The molecule has 6 heteroatoms. The smallest absolute Gasteiger partial charge is 0.216 e. The molecule has 2 aromatic carbocycles. The second-order valence-electron chi connectivity index (χ2n) is 16.2. The van der Waals surface area contributed by atoms with Gasteiger partial charge < -0.3 is 14.4 Å². The molecule has 4 heterocycles. The molecule has 1 radical (unpaired) electrons. The summed E-state index contributed by atoms with van der Waals surface area (Å²) in [4.78, 5) is 13.8. The Morgan fingerprint density at radius 2 is 1.60 bits per heavy atom. The molecular formula is C46H55IrN3OSi-2. The van der Waals surface area contributed by atoms with Crippen molar-refractivity contribution in [1.29, 1.82) is 0 Å². The maximum atomic E-state index is 6.03. The number of furan rings is 1. The van der Waals surface area contributed by atoms with Crippen molar-refractivity contribution in [3.05, 3.63) is 108 Å². The van der Waals surface area contributed by atoms with Gasteiger partial charge in [-0.2, -0.15) is 0 Å². The molecule has 7 rings (SSSR count).